The summed E-state index contributed by atoms with van der Waals surface area (Å²) in [6.45, 7) is 3.83. The molecule has 1 N–H and O–H groups in total. The van der Waals surface area contributed by atoms with Crippen molar-refractivity contribution in [2.24, 2.45) is 5.10 Å². The number of hydrogen-bond acceptors (Lipinski definition) is 3. The number of carbonyl (C=O) groups excluding carboxylic acids is 1. The van der Waals surface area contributed by atoms with E-state index in [1.165, 1.54) is 6.07 Å². The van der Waals surface area contributed by atoms with E-state index in [2.05, 4.69) is 26.5 Å². The Morgan fingerprint density at radius 1 is 1.20 bits per heavy atom. The van der Waals surface area contributed by atoms with Crippen LogP contribution in [0.3, 0.4) is 0 Å². The van der Waals surface area contributed by atoms with E-state index < -0.39 is 11.7 Å². The molecule has 4 rings (SSSR count). The molecule has 0 aliphatic carbocycles. The summed E-state index contributed by atoms with van der Waals surface area (Å²) in [7, 11) is 0. The fourth-order valence-electron chi connectivity index (χ4n) is 3.28. The Bertz CT molecular complexity index is 1310. The van der Waals surface area contributed by atoms with E-state index in [0.29, 0.717) is 5.58 Å². The Labute approximate surface area is 185 Å². The van der Waals surface area contributed by atoms with Gasteiger partial charge in [-0.2, -0.15) is 5.10 Å². The molecule has 4 aromatic rings. The third kappa shape index (κ3) is 3.91. The zero-order valence-corrected chi connectivity index (χ0v) is 18.4. The van der Waals surface area contributed by atoms with Crippen molar-refractivity contribution in [2.75, 3.05) is 0 Å². The Morgan fingerprint density at radius 2 is 2.00 bits per heavy atom. The summed E-state index contributed by atoms with van der Waals surface area (Å²) in [6.07, 6.45) is 1.56. The molecule has 5 nitrogen and oxygen atoms in total. The highest BCUT2D eigenvalue weighted by molar-refractivity contribution is 9.10. The molecule has 0 radical (unpaired) electrons. The van der Waals surface area contributed by atoms with Crippen LogP contribution in [0.4, 0.5) is 4.39 Å². The Morgan fingerprint density at radius 3 is 2.77 bits per heavy atom. The predicted octanol–water partition coefficient (Wildman–Crippen LogP) is 6.16. The van der Waals surface area contributed by atoms with Crippen molar-refractivity contribution < 1.29 is 13.6 Å². The lowest BCUT2D eigenvalue weighted by Crippen LogP contribution is -2.16. The van der Waals surface area contributed by atoms with E-state index in [1.54, 1.807) is 30.5 Å². The van der Waals surface area contributed by atoms with Crippen LogP contribution in [0, 0.1) is 19.7 Å². The lowest BCUT2D eigenvalue weighted by Gasteiger charge is -2.10. The molecule has 0 bridgehead atoms. The van der Waals surface area contributed by atoms with E-state index in [9.17, 15) is 9.18 Å². The van der Waals surface area contributed by atoms with Crippen LogP contribution in [-0.4, -0.2) is 16.7 Å². The van der Waals surface area contributed by atoms with Crippen LogP contribution < -0.4 is 5.43 Å². The van der Waals surface area contributed by atoms with Gasteiger partial charge in [0.15, 0.2) is 5.76 Å². The SMILES string of the molecule is Cc1cc(/C=N/NC(=O)c2cc3cc(Br)ccc3o2)c(C)n1-c1ccc(F)c(Cl)c1. The van der Waals surface area contributed by atoms with Gasteiger partial charge in [0.2, 0.25) is 0 Å². The van der Waals surface area contributed by atoms with Gasteiger partial charge in [-0.05, 0) is 62.4 Å². The number of nitrogens with zero attached hydrogens (tertiary/aromatic N) is 2. The molecule has 0 saturated carbocycles. The van der Waals surface area contributed by atoms with Crippen LogP contribution in [-0.2, 0) is 0 Å². The summed E-state index contributed by atoms with van der Waals surface area (Å²) >= 11 is 9.31. The second-order valence-corrected chi connectivity index (χ2v) is 8.08. The minimum absolute atomic E-state index is 0.0559. The van der Waals surface area contributed by atoms with Crippen LogP contribution in [0.25, 0.3) is 16.7 Å². The Kier molecular flexibility index (Phi) is 5.49. The second kappa shape index (κ2) is 8.08. The number of nitrogens with one attached hydrogen (secondary N) is 1. The van der Waals surface area contributed by atoms with Crippen molar-refractivity contribution in [2.45, 2.75) is 13.8 Å². The first-order chi connectivity index (χ1) is 14.3. The van der Waals surface area contributed by atoms with Crippen molar-refractivity contribution in [1.82, 2.24) is 9.99 Å². The molecule has 30 heavy (non-hydrogen) atoms. The van der Waals surface area contributed by atoms with Gasteiger partial charge in [-0.25, -0.2) is 9.82 Å². The fourth-order valence-corrected chi connectivity index (χ4v) is 3.83. The first-order valence-corrected chi connectivity index (χ1v) is 10.2. The number of hydrogen-bond donors (Lipinski definition) is 1. The lowest BCUT2D eigenvalue weighted by molar-refractivity contribution is 0.0929. The zero-order chi connectivity index (χ0) is 21.4. The molecule has 0 aliphatic rings. The van der Waals surface area contributed by atoms with Crippen molar-refractivity contribution in [1.29, 1.82) is 0 Å². The average molecular weight is 489 g/mol. The third-order valence-electron chi connectivity index (χ3n) is 4.70. The van der Waals surface area contributed by atoms with Crippen LogP contribution in [0.15, 0.2) is 62.5 Å². The summed E-state index contributed by atoms with van der Waals surface area (Å²) in [5.74, 6) is -0.741. The summed E-state index contributed by atoms with van der Waals surface area (Å²) < 4.78 is 21.9. The summed E-state index contributed by atoms with van der Waals surface area (Å²) in [5.41, 5.74) is 6.45. The molecule has 2 heterocycles. The number of aryl methyl sites for hydroxylation is 1. The van der Waals surface area contributed by atoms with Crippen LogP contribution in [0.2, 0.25) is 5.02 Å². The average Bonchev–Trinajstić information content (AvgIpc) is 3.24. The monoisotopic (exact) mass is 487 g/mol. The molecule has 0 unspecified atom stereocenters. The number of furan rings is 1. The number of halogens is 3. The zero-order valence-electron chi connectivity index (χ0n) is 16.0. The fraction of sp³-hybridized carbons (Fsp3) is 0.0909. The van der Waals surface area contributed by atoms with Crippen LogP contribution in [0.5, 0.6) is 0 Å². The second-order valence-electron chi connectivity index (χ2n) is 6.75. The van der Waals surface area contributed by atoms with Gasteiger partial charge in [-0.1, -0.05) is 27.5 Å². The number of fused-ring (bicyclic) bond motifs is 1. The maximum Gasteiger partial charge on any atom is 0.307 e. The minimum atomic E-state index is -0.467. The first kappa shape index (κ1) is 20.4. The van der Waals surface area contributed by atoms with Gasteiger partial charge in [0, 0.05) is 32.5 Å². The van der Waals surface area contributed by atoms with Gasteiger partial charge < -0.3 is 8.98 Å². The van der Waals surface area contributed by atoms with Gasteiger partial charge >= 0.3 is 5.91 Å². The molecule has 0 saturated heterocycles. The van der Waals surface area contributed by atoms with E-state index in [-0.39, 0.29) is 10.8 Å². The van der Waals surface area contributed by atoms with Gasteiger partial charge in [-0.3, -0.25) is 4.79 Å². The standard InChI is InChI=1S/C22H16BrClFN3O2/c1-12-7-15(13(2)28(12)17-4-5-19(25)18(24)10-17)11-26-27-22(29)21-9-14-8-16(23)3-6-20(14)30-21/h3-11H,1-2H3,(H,27,29)/b26-11+. The molecule has 2 aromatic carbocycles. The lowest BCUT2D eigenvalue weighted by atomic mass is 10.2. The molecular formula is C22H16BrClFN3O2. The molecule has 8 heteroatoms. The molecule has 0 atom stereocenters. The number of hydrazone groups is 1. The van der Waals surface area contributed by atoms with Crippen LogP contribution >= 0.6 is 27.5 Å². The molecule has 152 valence electrons. The molecule has 0 spiro atoms. The van der Waals surface area contributed by atoms with Gasteiger partial charge in [0.1, 0.15) is 11.4 Å². The van der Waals surface area contributed by atoms with Crippen molar-refractivity contribution in [3.8, 4) is 5.69 Å². The predicted molar refractivity (Wildman–Crippen MR) is 119 cm³/mol. The topological polar surface area (TPSA) is 59.5 Å². The Hall–Kier alpha value is -2.90. The Balaban J connectivity index is 1.53. The normalized spacial score (nSPS) is 11.5. The van der Waals surface area contributed by atoms with Crippen LogP contribution in [0.1, 0.15) is 27.5 Å². The first-order valence-electron chi connectivity index (χ1n) is 9.00. The highest BCUT2D eigenvalue weighted by Crippen LogP contribution is 2.25. The third-order valence-corrected chi connectivity index (χ3v) is 5.49. The van der Waals surface area contributed by atoms with E-state index in [4.69, 9.17) is 16.0 Å². The molecule has 0 fully saturated rings. The minimum Gasteiger partial charge on any atom is -0.451 e. The number of rotatable bonds is 4. The van der Waals surface area contributed by atoms with Gasteiger partial charge in [0.25, 0.3) is 0 Å². The van der Waals surface area contributed by atoms with Crippen molar-refractivity contribution in [3.63, 3.8) is 0 Å². The largest absolute Gasteiger partial charge is 0.451 e. The highest BCUT2D eigenvalue weighted by Gasteiger charge is 2.13. The maximum atomic E-state index is 13.5. The summed E-state index contributed by atoms with van der Waals surface area (Å²) in [5, 5.41) is 4.93. The van der Waals surface area contributed by atoms with E-state index in [1.807, 2.05) is 36.6 Å². The van der Waals surface area contributed by atoms with Crippen molar-refractivity contribution in [3.05, 3.63) is 86.6 Å². The highest BCUT2D eigenvalue weighted by atomic mass is 79.9. The number of benzene rings is 2. The smallest absolute Gasteiger partial charge is 0.307 e. The summed E-state index contributed by atoms with van der Waals surface area (Å²) in [4.78, 5) is 12.4. The number of carbonyl (C=O) groups is 1. The molecule has 1 amide bonds. The van der Waals surface area contributed by atoms with Crippen molar-refractivity contribution >= 4 is 50.6 Å². The number of aromatic nitrogens is 1. The molecular weight excluding hydrogens is 473 g/mol. The molecule has 0 aliphatic heterocycles. The van der Waals surface area contributed by atoms with Gasteiger partial charge in [-0.15, -0.1) is 0 Å². The summed E-state index contributed by atoms with van der Waals surface area (Å²) in [6, 6.07) is 13.6. The van der Waals surface area contributed by atoms with E-state index >= 15 is 0 Å². The quantitative estimate of drug-likeness (QED) is 0.276. The number of amides is 1. The molecule has 2 aromatic heterocycles. The van der Waals surface area contributed by atoms with E-state index in [0.717, 1.165) is 32.5 Å². The maximum absolute atomic E-state index is 13.5. The van der Waals surface area contributed by atoms with Gasteiger partial charge in [0.05, 0.1) is 11.2 Å².